The zero-order chi connectivity index (χ0) is 22.9. The number of halogens is 4. The van der Waals surface area contributed by atoms with Crippen molar-refractivity contribution in [2.75, 3.05) is 18.1 Å². The summed E-state index contributed by atoms with van der Waals surface area (Å²) in [4.78, 5) is 8.60. The van der Waals surface area contributed by atoms with E-state index in [0.29, 0.717) is 15.7 Å². The van der Waals surface area contributed by atoms with Gasteiger partial charge in [-0.1, -0.05) is 18.9 Å². The van der Waals surface area contributed by atoms with E-state index in [2.05, 4.69) is 9.97 Å². The van der Waals surface area contributed by atoms with E-state index in [-0.39, 0.29) is 24.8 Å². The van der Waals surface area contributed by atoms with Crippen LogP contribution in [-0.4, -0.2) is 53.5 Å². The third-order valence-electron chi connectivity index (χ3n) is 5.91. The lowest BCUT2D eigenvalue weighted by molar-refractivity contribution is -0.0495. The summed E-state index contributed by atoms with van der Waals surface area (Å²) in [6.45, 7) is -0.774. The van der Waals surface area contributed by atoms with Gasteiger partial charge in [0.15, 0.2) is 0 Å². The lowest BCUT2D eigenvalue weighted by Crippen LogP contribution is -2.49. The summed E-state index contributed by atoms with van der Waals surface area (Å²) in [5, 5.41) is 0. The van der Waals surface area contributed by atoms with Crippen molar-refractivity contribution in [1.29, 1.82) is 0 Å². The number of sulfonamides is 1. The van der Waals surface area contributed by atoms with Crippen molar-refractivity contribution in [2.45, 2.75) is 56.4 Å². The van der Waals surface area contributed by atoms with Crippen LogP contribution in [0.1, 0.15) is 36.9 Å². The van der Waals surface area contributed by atoms with Gasteiger partial charge in [-0.05, 0) is 30.5 Å². The van der Waals surface area contributed by atoms with E-state index in [9.17, 15) is 26.0 Å². The minimum Gasteiger partial charge on any atom is -0.376 e. The normalized spacial score (nSPS) is 21.0. The molecular weight excluding hydrogens is 452 g/mol. The number of hydrogen-bond acceptors (Lipinski definition) is 5. The Labute approximate surface area is 183 Å². The number of hydrogen-bond donors (Lipinski definition) is 1. The fourth-order valence-electron chi connectivity index (χ4n) is 4.27. The Kier molecular flexibility index (Phi) is 6.46. The number of benzene rings is 1. The van der Waals surface area contributed by atoms with Gasteiger partial charge in [0.2, 0.25) is 0 Å². The van der Waals surface area contributed by atoms with Crippen LogP contribution in [0.3, 0.4) is 0 Å². The number of nitrogens with zero attached hydrogens (tertiary/aromatic N) is 3. The van der Waals surface area contributed by atoms with E-state index in [1.807, 2.05) is 0 Å². The number of imidazole rings is 1. The molecule has 1 saturated carbocycles. The van der Waals surface area contributed by atoms with Gasteiger partial charge in [0.05, 0.1) is 37.3 Å². The number of anilines is 1. The van der Waals surface area contributed by atoms with E-state index < -0.39 is 40.5 Å². The molecule has 12 heteroatoms. The van der Waals surface area contributed by atoms with Gasteiger partial charge in [0.25, 0.3) is 0 Å². The number of alkyl halides is 3. The highest BCUT2D eigenvalue weighted by Crippen LogP contribution is 2.35. The van der Waals surface area contributed by atoms with Crippen molar-refractivity contribution in [3.8, 4) is 0 Å². The summed E-state index contributed by atoms with van der Waals surface area (Å²) in [6, 6.07) is 2.89. The SMILES string of the molecule is O=S(=O)(N1Cc2ccc(F)cc2N(Cc2cnc[nH]2)[C@@H](COC2CCCC2)C1)C(F)(F)F. The Balaban J connectivity index is 1.73. The van der Waals surface area contributed by atoms with Crippen LogP contribution in [0.2, 0.25) is 0 Å². The molecule has 1 aromatic heterocycles. The van der Waals surface area contributed by atoms with Gasteiger partial charge >= 0.3 is 15.5 Å². The zero-order valence-electron chi connectivity index (χ0n) is 17.2. The first-order valence-corrected chi connectivity index (χ1v) is 11.8. The summed E-state index contributed by atoms with van der Waals surface area (Å²) < 4.78 is 85.4. The molecule has 4 rings (SSSR count). The van der Waals surface area contributed by atoms with E-state index in [4.69, 9.17) is 4.74 Å². The van der Waals surface area contributed by atoms with E-state index >= 15 is 0 Å². The average molecular weight is 476 g/mol. The molecule has 2 aromatic rings. The predicted molar refractivity (Wildman–Crippen MR) is 109 cm³/mol. The Morgan fingerprint density at radius 3 is 2.62 bits per heavy atom. The van der Waals surface area contributed by atoms with Crippen LogP contribution in [0.4, 0.5) is 23.2 Å². The molecule has 1 fully saturated rings. The standard InChI is InChI=1S/C20H24F4N4O3S/c21-15-6-5-14-9-27(32(29,30)20(22,23)24)11-17(12-31-18-3-1-2-4-18)28(19(14)7-15)10-16-8-25-13-26-16/h5-8,13,17-18H,1-4,9-12H2,(H,25,26)/t17-/m1/s1. The first kappa shape index (κ1) is 23.0. The van der Waals surface area contributed by atoms with Gasteiger partial charge in [0, 0.05) is 25.0 Å². The predicted octanol–water partition coefficient (Wildman–Crippen LogP) is 3.55. The maximum absolute atomic E-state index is 14.2. The Morgan fingerprint density at radius 1 is 1.22 bits per heavy atom. The lowest BCUT2D eigenvalue weighted by Gasteiger charge is -2.34. The second kappa shape index (κ2) is 8.99. The molecule has 7 nitrogen and oxygen atoms in total. The van der Waals surface area contributed by atoms with Crippen molar-refractivity contribution in [3.05, 3.63) is 47.8 Å². The van der Waals surface area contributed by atoms with E-state index in [1.165, 1.54) is 18.5 Å². The molecule has 1 aromatic carbocycles. The summed E-state index contributed by atoms with van der Waals surface area (Å²) in [5.41, 5.74) is -4.18. The van der Waals surface area contributed by atoms with Crippen molar-refractivity contribution >= 4 is 15.7 Å². The molecule has 0 amide bonds. The lowest BCUT2D eigenvalue weighted by atomic mass is 10.1. The molecule has 0 bridgehead atoms. The molecule has 176 valence electrons. The largest absolute Gasteiger partial charge is 0.511 e. The van der Waals surface area contributed by atoms with E-state index in [0.717, 1.165) is 31.7 Å². The molecule has 0 spiro atoms. The summed E-state index contributed by atoms with van der Waals surface area (Å²) >= 11 is 0. The Morgan fingerprint density at radius 2 is 1.97 bits per heavy atom. The quantitative estimate of drug-likeness (QED) is 0.646. The van der Waals surface area contributed by atoms with Crippen LogP contribution in [-0.2, 0) is 27.8 Å². The molecule has 2 aliphatic rings. The Hall–Kier alpha value is -2.18. The van der Waals surface area contributed by atoms with Crippen molar-refractivity contribution in [3.63, 3.8) is 0 Å². The molecule has 1 atom stereocenters. The highest BCUT2D eigenvalue weighted by molar-refractivity contribution is 7.89. The molecule has 1 aliphatic carbocycles. The molecule has 0 radical (unpaired) electrons. The Bertz CT molecular complexity index is 1020. The smallest absolute Gasteiger partial charge is 0.376 e. The number of rotatable bonds is 6. The van der Waals surface area contributed by atoms with Crippen molar-refractivity contribution in [2.24, 2.45) is 0 Å². The minimum atomic E-state index is -5.59. The number of H-pyrrole nitrogens is 1. The van der Waals surface area contributed by atoms with Gasteiger partial charge in [0.1, 0.15) is 5.82 Å². The van der Waals surface area contributed by atoms with Crippen molar-refractivity contribution < 1.29 is 30.7 Å². The van der Waals surface area contributed by atoms with Crippen LogP contribution < -0.4 is 4.90 Å². The van der Waals surface area contributed by atoms with Gasteiger partial charge in [-0.25, -0.2) is 17.8 Å². The number of nitrogens with one attached hydrogen (secondary N) is 1. The van der Waals surface area contributed by atoms with Crippen LogP contribution >= 0.6 is 0 Å². The summed E-state index contributed by atoms with van der Waals surface area (Å²) in [7, 11) is -5.59. The number of aromatic nitrogens is 2. The van der Waals surface area contributed by atoms with Crippen LogP contribution in [0, 0.1) is 5.82 Å². The third kappa shape index (κ3) is 4.76. The number of fused-ring (bicyclic) bond motifs is 1. The summed E-state index contributed by atoms with van der Waals surface area (Å²) in [5.74, 6) is -0.569. The van der Waals surface area contributed by atoms with Crippen LogP contribution in [0.5, 0.6) is 0 Å². The first-order valence-electron chi connectivity index (χ1n) is 10.4. The highest BCUT2D eigenvalue weighted by atomic mass is 32.2. The maximum atomic E-state index is 14.2. The molecule has 1 aliphatic heterocycles. The fraction of sp³-hybridized carbons (Fsp3) is 0.550. The molecule has 2 heterocycles. The second-order valence-electron chi connectivity index (χ2n) is 8.11. The fourth-order valence-corrected chi connectivity index (χ4v) is 5.24. The monoisotopic (exact) mass is 476 g/mol. The summed E-state index contributed by atoms with van der Waals surface area (Å²) in [6.07, 6.45) is 6.72. The van der Waals surface area contributed by atoms with Gasteiger partial charge in [-0.15, -0.1) is 0 Å². The number of aromatic amines is 1. The van der Waals surface area contributed by atoms with E-state index in [1.54, 1.807) is 11.1 Å². The molecular formula is C20H24F4N4O3S. The average Bonchev–Trinajstić information content (AvgIpc) is 3.40. The van der Waals surface area contributed by atoms with Crippen molar-refractivity contribution in [1.82, 2.24) is 14.3 Å². The maximum Gasteiger partial charge on any atom is 0.511 e. The first-order chi connectivity index (χ1) is 15.1. The second-order valence-corrected chi connectivity index (χ2v) is 10.0. The topological polar surface area (TPSA) is 78.5 Å². The third-order valence-corrected chi connectivity index (χ3v) is 7.46. The van der Waals surface area contributed by atoms with Gasteiger partial charge in [-0.3, -0.25) is 0 Å². The zero-order valence-corrected chi connectivity index (χ0v) is 18.0. The van der Waals surface area contributed by atoms with Gasteiger partial charge in [-0.2, -0.15) is 17.5 Å². The molecule has 0 saturated heterocycles. The van der Waals surface area contributed by atoms with Crippen LogP contribution in [0.25, 0.3) is 0 Å². The molecule has 32 heavy (non-hydrogen) atoms. The molecule has 1 N–H and O–H groups in total. The van der Waals surface area contributed by atoms with Crippen LogP contribution in [0.15, 0.2) is 30.7 Å². The highest BCUT2D eigenvalue weighted by Gasteiger charge is 2.51. The number of ether oxygens (including phenoxy) is 1. The minimum absolute atomic E-state index is 0.0125. The van der Waals surface area contributed by atoms with Gasteiger partial charge < -0.3 is 14.6 Å². The molecule has 0 unspecified atom stereocenters.